The molecule has 222 valence electrons. The van der Waals surface area contributed by atoms with Crippen LogP contribution in [0.4, 0.5) is 0 Å². The van der Waals surface area contributed by atoms with E-state index in [1.807, 2.05) is 54.7 Å². The third-order valence-corrected chi connectivity index (χ3v) is 7.22. The van der Waals surface area contributed by atoms with Crippen LogP contribution >= 0.6 is 0 Å². The number of nitrogens with one attached hydrogen (secondary N) is 6. The number of nitrogens with two attached hydrogens (primary N) is 1. The van der Waals surface area contributed by atoms with E-state index in [1.165, 1.54) is 12.5 Å². The van der Waals surface area contributed by atoms with E-state index in [9.17, 15) is 24.3 Å². The third-order valence-electron chi connectivity index (χ3n) is 7.22. The zero-order valence-electron chi connectivity index (χ0n) is 23.1. The van der Waals surface area contributed by atoms with Gasteiger partial charge in [0.25, 0.3) is 0 Å². The highest BCUT2D eigenvalue weighted by Crippen LogP contribution is 2.20. The molecule has 43 heavy (non-hydrogen) atoms. The van der Waals surface area contributed by atoms with Gasteiger partial charge in [0.15, 0.2) is 0 Å². The molecular formula is C30H32N8O5. The molecule has 5 aromatic rings. The van der Waals surface area contributed by atoms with Crippen molar-refractivity contribution in [2.75, 3.05) is 6.54 Å². The molecule has 0 aliphatic heterocycles. The normalized spacial score (nSPS) is 13.3. The molecule has 3 heterocycles. The number of aromatic amines is 3. The highest BCUT2D eigenvalue weighted by atomic mass is 16.4. The van der Waals surface area contributed by atoms with Crippen molar-refractivity contribution in [2.45, 2.75) is 37.4 Å². The Morgan fingerprint density at radius 3 is 2.02 bits per heavy atom. The van der Waals surface area contributed by atoms with Crippen molar-refractivity contribution in [1.82, 2.24) is 35.9 Å². The maximum absolute atomic E-state index is 13.3. The molecule has 3 amide bonds. The van der Waals surface area contributed by atoms with Crippen molar-refractivity contribution in [3.8, 4) is 0 Å². The Morgan fingerprint density at radius 1 is 0.791 bits per heavy atom. The van der Waals surface area contributed by atoms with E-state index >= 15 is 0 Å². The molecule has 0 fully saturated rings. The minimum atomic E-state index is -1.23. The van der Waals surface area contributed by atoms with Gasteiger partial charge in [-0.25, -0.2) is 9.78 Å². The number of aliphatic carboxylic acids is 1. The maximum atomic E-state index is 13.3. The number of hydrogen-bond acceptors (Lipinski definition) is 6. The van der Waals surface area contributed by atoms with E-state index < -0.39 is 48.4 Å². The van der Waals surface area contributed by atoms with Gasteiger partial charge < -0.3 is 41.7 Å². The molecule has 0 aliphatic carbocycles. The van der Waals surface area contributed by atoms with Gasteiger partial charge >= 0.3 is 5.97 Å². The van der Waals surface area contributed by atoms with Gasteiger partial charge in [0, 0.05) is 58.9 Å². The first-order valence-electron chi connectivity index (χ1n) is 13.7. The number of amides is 3. The van der Waals surface area contributed by atoms with Gasteiger partial charge in [0.1, 0.15) is 12.1 Å². The molecule has 2 aromatic carbocycles. The smallest absolute Gasteiger partial charge is 0.326 e. The van der Waals surface area contributed by atoms with Gasteiger partial charge in [-0.3, -0.25) is 14.4 Å². The fourth-order valence-electron chi connectivity index (χ4n) is 4.99. The molecule has 13 nitrogen and oxygen atoms in total. The van der Waals surface area contributed by atoms with Gasteiger partial charge in [0.2, 0.25) is 17.7 Å². The van der Waals surface area contributed by atoms with Crippen molar-refractivity contribution in [2.24, 2.45) is 5.73 Å². The minimum Gasteiger partial charge on any atom is -0.480 e. The topological polar surface area (TPSA) is 211 Å². The molecule has 0 aliphatic rings. The summed E-state index contributed by atoms with van der Waals surface area (Å²) in [7, 11) is 0. The fourth-order valence-corrected chi connectivity index (χ4v) is 4.99. The summed E-state index contributed by atoms with van der Waals surface area (Å²) in [6.45, 7) is -0.493. The van der Waals surface area contributed by atoms with Crippen molar-refractivity contribution in [3.63, 3.8) is 0 Å². The van der Waals surface area contributed by atoms with E-state index in [1.54, 1.807) is 6.20 Å². The molecule has 0 spiro atoms. The fraction of sp³-hybridized carbons (Fsp3) is 0.233. The number of H-pyrrole nitrogens is 3. The average molecular weight is 585 g/mol. The number of carbonyl (C=O) groups is 4. The van der Waals surface area contributed by atoms with Crippen molar-refractivity contribution in [1.29, 1.82) is 0 Å². The van der Waals surface area contributed by atoms with Crippen LogP contribution in [0.3, 0.4) is 0 Å². The van der Waals surface area contributed by atoms with E-state index in [0.29, 0.717) is 5.69 Å². The Morgan fingerprint density at radius 2 is 1.42 bits per heavy atom. The van der Waals surface area contributed by atoms with Crippen molar-refractivity contribution < 1.29 is 24.3 Å². The van der Waals surface area contributed by atoms with Gasteiger partial charge in [-0.15, -0.1) is 0 Å². The number of carboxylic acid groups (broad SMARTS) is 1. The number of hydrogen-bond donors (Lipinski definition) is 8. The van der Waals surface area contributed by atoms with Crippen LogP contribution in [0.2, 0.25) is 0 Å². The molecule has 9 N–H and O–H groups in total. The minimum absolute atomic E-state index is 0.0113. The van der Waals surface area contributed by atoms with Crippen molar-refractivity contribution >= 4 is 45.5 Å². The van der Waals surface area contributed by atoms with Crippen LogP contribution in [-0.4, -0.2) is 73.4 Å². The highest BCUT2D eigenvalue weighted by molar-refractivity contribution is 5.94. The predicted octanol–water partition coefficient (Wildman–Crippen LogP) is 0.898. The lowest BCUT2D eigenvalue weighted by molar-refractivity contribution is -0.141. The number of para-hydroxylation sites is 2. The molecular weight excluding hydrogens is 552 g/mol. The summed E-state index contributed by atoms with van der Waals surface area (Å²) in [4.78, 5) is 63.8. The van der Waals surface area contributed by atoms with Gasteiger partial charge in [-0.2, -0.15) is 0 Å². The largest absolute Gasteiger partial charge is 0.480 e. The summed E-state index contributed by atoms with van der Waals surface area (Å²) in [6.07, 6.45) is 6.80. The zero-order valence-corrected chi connectivity index (χ0v) is 23.1. The van der Waals surface area contributed by atoms with Crippen LogP contribution < -0.4 is 21.7 Å². The molecule has 3 unspecified atom stereocenters. The van der Waals surface area contributed by atoms with E-state index in [4.69, 9.17) is 5.73 Å². The molecule has 3 aromatic heterocycles. The number of fused-ring (bicyclic) bond motifs is 2. The number of rotatable bonds is 13. The average Bonchev–Trinajstić information content (AvgIpc) is 3.76. The summed E-state index contributed by atoms with van der Waals surface area (Å²) >= 11 is 0. The standard InChI is InChI=1S/C30H32N8O5/c31-22(9-17-12-33-23-7-3-1-5-20(17)23)28(40)38-25(10-18-13-34-24-8-4-2-6-21(18)24)29(41)35-15-27(39)37-26(30(42)43)11-19-14-32-16-36-19/h1-8,12-14,16,22,25-26,33-34H,9-11,15,31H2,(H,32,36)(H,35,41)(H,37,39)(H,38,40)(H,42,43). The molecule has 0 bridgehead atoms. The SMILES string of the molecule is NC(Cc1c[nH]c2ccccc12)C(=O)NC(Cc1c[nH]c2ccccc12)C(=O)NCC(=O)NC(Cc1cnc[nH]1)C(=O)O. The Balaban J connectivity index is 1.26. The molecule has 5 rings (SSSR count). The van der Waals surface area contributed by atoms with E-state index in [-0.39, 0.29) is 19.3 Å². The summed E-state index contributed by atoms with van der Waals surface area (Å²) in [5.41, 5.74) is 10.3. The van der Waals surface area contributed by atoms with Crippen LogP contribution in [0.5, 0.6) is 0 Å². The van der Waals surface area contributed by atoms with Crippen LogP contribution in [-0.2, 0) is 38.4 Å². The molecule has 13 heteroatoms. The van der Waals surface area contributed by atoms with Crippen LogP contribution in [0, 0.1) is 0 Å². The third kappa shape index (κ3) is 7.08. The Labute approximate surface area is 245 Å². The number of aromatic nitrogens is 4. The zero-order chi connectivity index (χ0) is 30.3. The lowest BCUT2D eigenvalue weighted by atomic mass is 10.0. The summed E-state index contributed by atoms with van der Waals surface area (Å²) < 4.78 is 0. The second-order valence-corrected chi connectivity index (χ2v) is 10.3. The number of carboxylic acids is 1. The number of nitrogens with zero attached hydrogens (tertiary/aromatic N) is 1. The van der Waals surface area contributed by atoms with Crippen molar-refractivity contribution in [3.05, 3.63) is 90.3 Å². The summed E-state index contributed by atoms with van der Waals surface area (Å²) in [5, 5.41) is 19.0. The maximum Gasteiger partial charge on any atom is 0.326 e. The number of benzene rings is 2. The van der Waals surface area contributed by atoms with Crippen LogP contribution in [0.1, 0.15) is 16.8 Å². The first-order valence-corrected chi connectivity index (χ1v) is 13.7. The number of carbonyl (C=O) groups excluding carboxylic acids is 3. The lowest BCUT2D eigenvalue weighted by Crippen LogP contribution is -2.54. The first-order chi connectivity index (χ1) is 20.8. The molecule has 0 saturated carbocycles. The predicted molar refractivity (Wildman–Crippen MR) is 159 cm³/mol. The highest BCUT2D eigenvalue weighted by Gasteiger charge is 2.27. The number of imidazole rings is 1. The summed E-state index contributed by atoms with van der Waals surface area (Å²) in [6, 6.07) is 12.0. The quantitative estimate of drug-likeness (QED) is 0.100. The molecule has 0 radical (unpaired) electrons. The van der Waals surface area contributed by atoms with Crippen LogP contribution in [0.15, 0.2) is 73.4 Å². The second-order valence-electron chi connectivity index (χ2n) is 10.3. The lowest BCUT2D eigenvalue weighted by Gasteiger charge is -2.21. The second kappa shape index (κ2) is 13.0. The monoisotopic (exact) mass is 584 g/mol. The Hall–Kier alpha value is -5.43. The molecule has 0 saturated heterocycles. The van der Waals surface area contributed by atoms with E-state index in [0.717, 1.165) is 32.9 Å². The van der Waals surface area contributed by atoms with E-state index in [2.05, 4.69) is 35.9 Å². The van der Waals surface area contributed by atoms with Gasteiger partial charge in [-0.05, 0) is 29.7 Å². The first kappa shape index (κ1) is 29.1. The Kier molecular flexibility index (Phi) is 8.82. The van der Waals surface area contributed by atoms with Gasteiger partial charge in [-0.1, -0.05) is 36.4 Å². The van der Waals surface area contributed by atoms with Gasteiger partial charge in [0.05, 0.1) is 18.9 Å². The summed E-state index contributed by atoms with van der Waals surface area (Å²) in [5.74, 6) is -3.08. The molecule has 3 atom stereocenters. The van der Waals surface area contributed by atoms with Crippen LogP contribution in [0.25, 0.3) is 21.8 Å². The Bertz CT molecular complexity index is 1740.